The zero-order valence-electron chi connectivity index (χ0n) is 9.16. The van der Waals surface area contributed by atoms with Gasteiger partial charge in [-0.2, -0.15) is 0 Å². The maximum atomic E-state index is 11.2. The van der Waals surface area contributed by atoms with Crippen molar-refractivity contribution in [3.63, 3.8) is 0 Å². The number of carboxylic acids is 1. The Bertz CT molecular complexity index is 207. The minimum atomic E-state index is -1.03. The lowest BCUT2D eigenvalue weighted by Crippen LogP contribution is -2.35. The van der Waals surface area contributed by atoms with Crippen molar-refractivity contribution in [2.75, 3.05) is 6.54 Å². The Kier molecular flexibility index (Phi) is 7.62. The summed E-state index contributed by atoms with van der Waals surface area (Å²) in [4.78, 5) is 21.5. The zero-order chi connectivity index (χ0) is 11.7. The molecule has 0 aromatic heterocycles. The van der Waals surface area contributed by atoms with Gasteiger partial charge in [-0.3, -0.25) is 9.59 Å². The van der Waals surface area contributed by atoms with Gasteiger partial charge in [0.25, 0.3) is 0 Å². The van der Waals surface area contributed by atoms with E-state index in [9.17, 15) is 9.59 Å². The lowest BCUT2D eigenvalue weighted by Gasteiger charge is -2.07. The van der Waals surface area contributed by atoms with E-state index >= 15 is 0 Å². The quantitative estimate of drug-likeness (QED) is 0.515. The van der Waals surface area contributed by atoms with E-state index in [-0.39, 0.29) is 12.3 Å². The second-order valence-electron chi connectivity index (χ2n) is 3.54. The summed E-state index contributed by atoms with van der Waals surface area (Å²) < 4.78 is 0. The Balaban J connectivity index is 3.42. The number of nitrogens with two attached hydrogens (primary N) is 1. The van der Waals surface area contributed by atoms with Crippen molar-refractivity contribution in [2.45, 2.75) is 45.1 Å². The first kappa shape index (κ1) is 13.9. The first-order chi connectivity index (χ1) is 7.07. The summed E-state index contributed by atoms with van der Waals surface area (Å²) in [5, 5.41) is 11.1. The van der Waals surface area contributed by atoms with Gasteiger partial charge in [-0.1, -0.05) is 19.8 Å². The van der Waals surface area contributed by atoms with Crippen LogP contribution < -0.4 is 11.1 Å². The lowest BCUT2D eigenvalue weighted by atomic mass is 10.2. The molecule has 0 spiro atoms. The van der Waals surface area contributed by atoms with Crippen LogP contribution in [0.2, 0.25) is 0 Å². The van der Waals surface area contributed by atoms with Crippen molar-refractivity contribution in [3.8, 4) is 0 Å². The molecule has 0 bridgehead atoms. The Hall–Kier alpha value is -1.10. The van der Waals surface area contributed by atoms with Gasteiger partial charge in [-0.15, -0.1) is 0 Å². The van der Waals surface area contributed by atoms with Gasteiger partial charge in [0.15, 0.2) is 0 Å². The molecule has 0 aromatic rings. The van der Waals surface area contributed by atoms with Gasteiger partial charge in [-0.25, -0.2) is 0 Å². The van der Waals surface area contributed by atoms with Crippen LogP contribution in [0, 0.1) is 0 Å². The number of carbonyl (C=O) groups excluding carboxylic acids is 1. The maximum Gasteiger partial charge on any atom is 0.320 e. The molecular weight excluding hydrogens is 196 g/mol. The van der Waals surface area contributed by atoms with Gasteiger partial charge in [0.2, 0.25) is 5.91 Å². The molecule has 15 heavy (non-hydrogen) atoms. The van der Waals surface area contributed by atoms with Gasteiger partial charge in [0.05, 0.1) is 0 Å². The van der Waals surface area contributed by atoms with E-state index in [1.807, 2.05) is 0 Å². The van der Waals surface area contributed by atoms with Crippen LogP contribution in [0.15, 0.2) is 0 Å². The predicted octanol–water partition coefficient (Wildman–Crippen LogP) is 0.485. The van der Waals surface area contributed by atoms with Crippen LogP contribution in [-0.4, -0.2) is 29.6 Å². The van der Waals surface area contributed by atoms with E-state index in [4.69, 9.17) is 10.8 Å². The van der Waals surface area contributed by atoms with Crippen LogP contribution in [0.4, 0.5) is 0 Å². The average Bonchev–Trinajstić information content (AvgIpc) is 2.18. The Morgan fingerprint density at radius 1 is 1.40 bits per heavy atom. The smallest absolute Gasteiger partial charge is 0.320 e. The third kappa shape index (κ3) is 7.93. The molecule has 1 atom stereocenters. The van der Waals surface area contributed by atoms with Crippen LogP contribution in [0.1, 0.15) is 39.0 Å². The van der Waals surface area contributed by atoms with Gasteiger partial charge in [-0.05, 0) is 12.8 Å². The highest BCUT2D eigenvalue weighted by Gasteiger charge is 2.10. The molecule has 0 aliphatic rings. The Morgan fingerprint density at radius 2 is 2.07 bits per heavy atom. The molecule has 0 fully saturated rings. The van der Waals surface area contributed by atoms with Crippen LogP contribution >= 0.6 is 0 Å². The molecule has 88 valence electrons. The van der Waals surface area contributed by atoms with E-state index in [2.05, 4.69) is 12.2 Å². The fourth-order valence-corrected chi connectivity index (χ4v) is 1.11. The van der Waals surface area contributed by atoms with Crippen LogP contribution in [0.25, 0.3) is 0 Å². The average molecular weight is 216 g/mol. The fraction of sp³-hybridized carbons (Fsp3) is 0.800. The van der Waals surface area contributed by atoms with Gasteiger partial charge >= 0.3 is 5.97 Å². The number of nitrogens with one attached hydrogen (secondary N) is 1. The van der Waals surface area contributed by atoms with E-state index < -0.39 is 12.0 Å². The van der Waals surface area contributed by atoms with E-state index in [0.29, 0.717) is 13.0 Å². The van der Waals surface area contributed by atoms with Crippen molar-refractivity contribution >= 4 is 11.9 Å². The lowest BCUT2D eigenvalue weighted by molar-refractivity contribution is -0.138. The summed E-state index contributed by atoms with van der Waals surface area (Å²) in [6.45, 7) is 2.40. The summed E-state index contributed by atoms with van der Waals surface area (Å²) in [5.74, 6) is -1.06. The predicted molar refractivity (Wildman–Crippen MR) is 57.4 cm³/mol. The molecule has 0 heterocycles. The maximum absolute atomic E-state index is 11.2. The molecule has 0 radical (unpaired) electrons. The summed E-state index contributed by atoms with van der Waals surface area (Å²) in [5.41, 5.74) is 5.27. The number of rotatable bonds is 8. The van der Waals surface area contributed by atoms with Gasteiger partial charge in [0.1, 0.15) is 6.04 Å². The van der Waals surface area contributed by atoms with Gasteiger partial charge < -0.3 is 16.2 Å². The van der Waals surface area contributed by atoms with Crippen molar-refractivity contribution in [3.05, 3.63) is 0 Å². The SMILES string of the molecule is CCCCCC(=O)NCC[C@H](N)C(=O)O. The molecule has 0 aromatic carbocycles. The molecule has 0 unspecified atom stereocenters. The van der Waals surface area contributed by atoms with E-state index in [0.717, 1.165) is 19.3 Å². The summed E-state index contributed by atoms with van der Waals surface area (Å²) in [7, 11) is 0. The number of hydrogen-bond acceptors (Lipinski definition) is 3. The molecule has 4 N–H and O–H groups in total. The van der Waals surface area contributed by atoms with Crippen LogP contribution in [-0.2, 0) is 9.59 Å². The van der Waals surface area contributed by atoms with Gasteiger partial charge in [0, 0.05) is 13.0 Å². The molecule has 5 nitrogen and oxygen atoms in total. The first-order valence-electron chi connectivity index (χ1n) is 5.33. The standard InChI is InChI=1S/C10H20N2O3/c1-2-3-4-5-9(13)12-7-6-8(11)10(14)15/h8H,2-7,11H2,1H3,(H,12,13)(H,14,15)/t8-/m0/s1. The summed E-state index contributed by atoms with van der Waals surface area (Å²) in [6.07, 6.45) is 3.79. The van der Waals surface area contributed by atoms with Crippen molar-refractivity contribution in [1.29, 1.82) is 0 Å². The van der Waals surface area contributed by atoms with Crippen LogP contribution in [0.3, 0.4) is 0 Å². The van der Waals surface area contributed by atoms with Crippen molar-refractivity contribution in [2.24, 2.45) is 5.73 Å². The number of hydrogen-bond donors (Lipinski definition) is 3. The zero-order valence-corrected chi connectivity index (χ0v) is 9.16. The monoisotopic (exact) mass is 216 g/mol. The first-order valence-corrected chi connectivity index (χ1v) is 5.33. The highest BCUT2D eigenvalue weighted by atomic mass is 16.4. The molecular formula is C10H20N2O3. The minimum absolute atomic E-state index is 0.0268. The molecule has 1 amide bonds. The third-order valence-electron chi connectivity index (χ3n) is 2.10. The van der Waals surface area contributed by atoms with Crippen molar-refractivity contribution in [1.82, 2.24) is 5.32 Å². The Labute approximate surface area is 90.0 Å². The van der Waals surface area contributed by atoms with Crippen molar-refractivity contribution < 1.29 is 14.7 Å². The Morgan fingerprint density at radius 3 is 2.60 bits per heavy atom. The molecule has 5 heteroatoms. The molecule has 0 saturated heterocycles. The fourth-order valence-electron chi connectivity index (χ4n) is 1.11. The highest BCUT2D eigenvalue weighted by molar-refractivity contribution is 5.76. The number of unbranched alkanes of at least 4 members (excludes halogenated alkanes) is 2. The number of carbonyl (C=O) groups is 2. The molecule has 0 rings (SSSR count). The largest absolute Gasteiger partial charge is 0.480 e. The summed E-state index contributed by atoms with van der Waals surface area (Å²) >= 11 is 0. The second-order valence-corrected chi connectivity index (χ2v) is 3.54. The third-order valence-corrected chi connectivity index (χ3v) is 2.10. The highest BCUT2D eigenvalue weighted by Crippen LogP contribution is 1.98. The minimum Gasteiger partial charge on any atom is -0.480 e. The molecule has 0 aliphatic heterocycles. The number of carboxylic acid groups (broad SMARTS) is 1. The van der Waals surface area contributed by atoms with E-state index in [1.54, 1.807) is 0 Å². The second kappa shape index (κ2) is 8.23. The number of amides is 1. The summed E-state index contributed by atoms with van der Waals surface area (Å²) in [6, 6.07) is -0.888. The molecule has 0 saturated carbocycles. The molecule has 0 aliphatic carbocycles. The normalized spacial score (nSPS) is 12.1. The van der Waals surface area contributed by atoms with Crippen LogP contribution in [0.5, 0.6) is 0 Å². The number of aliphatic carboxylic acids is 1. The topological polar surface area (TPSA) is 92.4 Å². The van der Waals surface area contributed by atoms with E-state index in [1.165, 1.54) is 0 Å².